The maximum absolute atomic E-state index is 12.5. The van der Waals surface area contributed by atoms with Crippen LogP contribution in [0.1, 0.15) is 50.7 Å². The first-order valence-electron chi connectivity index (χ1n) is 8.36. The third-order valence-corrected chi connectivity index (χ3v) is 4.07. The van der Waals surface area contributed by atoms with Gasteiger partial charge in [0.15, 0.2) is 0 Å². The van der Waals surface area contributed by atoms with Crippen molar-refractivity contribution in [2.45, 2.75) is 46.0 Å². The number of nitrogens with one attached hydrogen (secondary N) is 1. The standard InChI is InChI=1S/C18H26N2O3/c1-4-23-18(22)19-10-9-17(21)20-11-5-6-15-12-14(13(2)3)7-8-16(15)20/h7-8,12-13H,4-6,9-11H2,1-3H3,(H,19,22). The summed E-state index contributed by atoms with van der Waals surface area (Å²) in [6.07, 6.45) is 1.80. The summed E-state index contributed by atoms with van der Waals surface area (Å²) >= 11 is 0. The predicted molar refractivity (Wildman–Crippen MR) is 90.8 cm³/mol. The zero-order chi connectivity index (χ0) is 16.8. The average Bonchev–Trinajstić information content (AvgIpc) is 2.53. The van der Waals surface area contributed by atoms with Gasteiger partial charge in [-0.05, 0) is 42.9 Å². The molecule has 1 N–H and O–H groups in total. The molecule has 0 aliphatic carbocycles. The van der Waals surface area contributed by atoms with E-state index in [0.29, 0.717) is 19.1 Å². The number of amides is 2. The molecule has 5 heteroatoms. The van der Waals surface area contributed by atoms with Gasteiger partial charge in [0.2, 0.25) is 5.91 Å². The number of carbonyl (C=O) groups excluding carboxylic acids is 2. The van der Waals surface area contributed by atoms with E-state index < -0.39 is 6.09 Å². The van der Waals surface area contributed by atoms with E-state index in [-0.39, 0.29) is 12.3 Å². The number of nitrogens with zero attached hydrogens (tertiary/aromatic N) is 1. The van der Waals surface area contributed by atoms with E-state index in [0.717, 1.165) is 25.1 Å². The van der Waals surface area contributed by atoms with Crippen LogP contribution in [0.3, 0.4) is 0 Å². The summed E-state index contributed by atoms with van der Waals surface area (Å²) in [4.78, 5) is 25.5. The first-order chi connectivity index (χ1) is 11.0. The van der Waals surface area contributed by atoms with E-state index in [1.807, 2.05) is 4.90 Å². The Balaban J connectivity index is 1.99. The lowest BCUT2D eigenvalue weighted by Gasteiger charge is -2.30. The van der Waals surface area contributed by atoms with Gasteiger partial charge in [-0.3, -0.25) is 4.79 Å². The number of aryl methyl sites for hydroxylation is 1. The molecule has 1 aliphatic heterocycles. The van der Waals surface area contributed by atoms with Gasteiger partial charge in [-0.15, -0.1) is 0 Å². The number of fused-ring (bicyclic) bond motifs is 1. The summed E-state index contributed by atoms with van der Waals surface area (Å²) in [6.45, 7) is 7.47. The second kappa shape index (κ2) is 7.99. The molecule has 2 rings (SSSR count). The van der Waals surface area contributed by atoms with Crippen molar-refractivity contribution < 1.29 is 14.3 Å². The van der Waals surface area contributed by atoms with Crippen LogP contribution in [0.15, 0.2) is 18.2 Å². The van der Waals surface area contributed by atoms with E-state index in [1.54, 1.807) is 6.92 Å². The summed E-state index contributed by atoms with van der Waals surface area (Å²) in [7, 11) is 0. The van der Waals surface area contributed by atoms with Crippen molar-refractivity contribution in [3.05, 3.63) is 29.3 Å². The highest BCUT2D eigenvalue weighted by Gasteiger charge is 2.22. The summed E-state index contributed by atoms with van der Waals surface area (Å²) < 4.78 is 4.79. The van der Waals surface area contributed by atoms with E-state index in [4.69, 9.17) is 4.74 Å². The Bertz CT molecular complexity index is 569. The van der Waals surface area contributed by atoms with E-state index in [9.17, 15) is 9.59 Å². The SMILES string of the molecule is CCOC(=O)NCCC(=O)N1CCCc2cc(C(C)C)ccc21. The number of hydrogen-bond acceptors (Lipinski definition) is 3. The molecule has 23 heavy (non-hydrogen) atoms. The van der Waals surface area contributed by atoms with Gasteiger partial charge >= 0.3 is 6.09 Å². The molecule has 0 unspecified atom stereocenters. The first kappa shape index (κ1) is 17.3. The third-order valence-electron chi connectivity index (χ3n) is 4.07. The Morgan fingerprint density at radius 2 is 2.13 bits per heavy atom. The Morgan fingerprint density at radius 1 is 1.35 bits per heavy atom. The number of carbonyl (C=O) groups is 2. The maximum Gasteiger partial charge on any atom is 0.407 e. The van der Waals surface area contributed by atoms with Gasteiger partial charge in [0.05, 0.1) is 6.61 Å². The van der Waals surface area contributed by atoms with Crippen LogP contribution in [-0.2, 0) is 16.0 Å². The molecule has 0 saturated carbocycles. The van der Waals surface area contributed by atoms with Crippen LogP contribution in [0.2, 0.25) is 0 Å². The lowest BCUT2D eigenvalue weighted by molar-refractivity contribution is -0.118. The lowest BCUT2D eigenvalue weighted by atomic mass is 9.94. The van der Waals surface area contributed by atoms with Crippen molar-refractivity contribution in [1.29, 1.82) is 0 Å². The normalized spacial score (nSPS) is 13.7. The van der Waals surface area contributed by atoms with E-state index in [1.165, 1.54) is 11.1 Å². The van der Waals surface area contributed by atoms with Crippen molar-refractivity contribution in [2.75, 3.05) is 24.6 Å². The van der Waals surface area contributed by atoms with E-state index >= 15 is 0 Å². The van der Waals surface area contributed by atoms with Crippen molar-refractivity contribution in [2.24, 2.45) is 0 Å². The summed E-state index contributed by atoms with van der Waals surface area (Å²) in [5.41, 5.74) is 3.57. The van der Waals surface area contributed by atoms with Crippen LogP contribution in [0, 0.1) is 0 Å². The van der Waals surface area contributed by atoms with Crippen LogP contribution in [0.4, 0.5) is 10.5 Å². The van der Waals surface area contributed by atoms with Gasteiger partial charge < -0.3 is 15.0 Å². The highest BCUT2D eigenvalue weighted by Crippen LogP contribution is 2.30. The van der Waals surface area contributed by atoms with Crippen LogP contribution < -0.4 is 10.2 Å². The Hall–Kier alpha value is -2.04. The van der Waals surface area contributed by atoms with Crippen molar-refractivity contribution in [3.8, 4) is 0 Å². The highest BCUT2D eigenvalue weighted by molar-refractivity contribution is 5.94. The third kappa shape index (κ3) is 4.47. The number of hydrogen-bond donors (Lipinski definition) is 1. The minimum absolute atomic E-state index is 0.0417. The molecule has 0 aromatic heterocycles. The number of rotatable bonds is 5. The Kier molecular flexibility index (Phi) is 6.02. The zero-order valence-electron chi connectivity index (χ0n) is 14.2. The maximum atomic E-state index is 12.5. The van der Waals surface area contributed by atoms with Crippen LogP contribution >= 0.6 is 0 Å². The number of ether oxygens (including phenoxy) is 1. The fourth-order valence-electron chi connectivity index (χ4n) is 2.82. The zero-order valence-corrected chi connectivity index (χ0v) is 14.2. The van der Waals surface area contributed by atoms with Gasteiger partial charge in [-0.1, -0.05) is 26.0 Å². The molecular weight excluding hydrogens is 292 g/mol. The number of anilines is 1. The minimum atomic E-state index is -0.471. The molecular formula is C18H26N2O3. The smallest absolute Gasteiger partial charge is 0.407 e. The minimum Gasteiger partial charge on any atom is -0.450 e. The fraction of sp³-hybridized carbons (Fsp3) is 0.556. The molecule has 0 fully saturated rings. The molecule has 0 atom stereocenters. The second-order valence-electron chi connectivity index (χ2n) is 6.09. The van der Waals surface area contributed by atoms with Gasteiger partial charge in [-0.2, -0.15) is 0 Å². The quantitative estimate of drug-likeness (QED) is 0.907. The molecule has 1 aliphatic rings. The predicted octanol–water partition coefficient (Wildman–Crippen LogP) is 3.23. The molecule has 1 aromatic rings. The van der Waals surface area contributed by atoms with Crippen LogP contribution in [0.25, 0.3) is 0 Å². The monoisotopic (exact) mass is 318 g/mol. The Labute approximate surface area is 138 Å². The van der Waals surface area contributed by atoms with Crippen LogP contribution in [0.5, 0.6) is 0 Å². The second-order valence-corrected chi connectivity index (χ2v) is 6.09. The van der Waals surface area contributed by atoms with Gasteiger partial charge in [0, 0.05) is 25.2 Å². The molecule has 5 nitrogen and oxygen atoms in total. The van der Waals surface area contributed by atoms with Crippen molar-refractivity contribution in [1.82, 2.24) is 5.32 Å². The molecule has 0 saturated heterocycles. The van der Waals surface area contributed by atoms with E-state index in [2.05, 4.69) is 37.4 Å². The number of alkyl carbamates (subject to hydrolysis) is 1. The topological polar surface area (TPSA) is 58.6 Å². The van der Waals surface area contributed by atoms with Crippen LogP contribution in [-0.4, -0.2) is 31.7 Å². The molecule has 0 radical (unpaired) electrons. The average molecular weight is 318 g/mol. The van der Waals surface area contributed by atoms with Crippen molar-refractivity contribution >= 4 is 17.7 Å². The van der Waals surface area contributed by atoms with Gasteiger partial charge in [0.1, 0.15) is 0 Å². The molecule has 0 spiro atoms. The van der Waals surface area contributed by atoms with Gasteiger partial charge in [-0.25, -0.2) is 4.79 Å². The van der Waals surface area contributed by atoms with Crippen molar-refractivity contribution in [3.63, 3.8) is 0 Å². The Morgan fingerprint density at radius 3 is 2.83 bits per heavy atom. The summed E-state index contributed by atoms with van der Waals surface area (Å²) in [6, 6.07) is 6.38. The highest BCUT2D eigenvalue weighted by atomic mass is 16.5. The molecule has 126 valence electrons. The molecule has 2 amide bonds. The van der Waals surface area contributed by atoms with Gasteiger partial charge in [0.25, 0.3) is 0 Å². The lowest BCUT2D eigenvalue weighted by Crippen LogP contribution is -2.38. The fourth-order valence-corrected chi connectivity index (χ4v) is 2.82. The largest absolute Gasteiger partial charge is 0.450 e. The first-order valence-corrected chi connectivity index (χ1v) is 8.36. The molecule has 0 bridgehead atoms. The summed E-state index contributed by atoms with van der Waals surface area (Å²) in [5, 5.41) is 2.59. The molecule has 1 aromatic carbocycles. The number of benzene rings is 1. The molecule has 1 heterocycles. The summed E-state index contributed by atoms with van der Waals surface area (Å²) in [5.74, 6) is 0.528.